The minimum atomic E-state index is -0.602. The molecule has 2 aromatic carbocycles. The van der Waals surface area contributed by atoms with Gasteiger partial charge in [0.2, 0.25) is 0 Å². The number of halogens is 2. The van der Waals surface area contributed by atoms with Crippen molar-refractivity contribution in [2.45, 2.75) is 62.4 Å². The maximum Gasteiger partial charge on any atom is 0.318 e. The van der Waals surface area contributed by atoms with Gasteiger partial charge in [-0.25, -0.2) is 0 Å². The van der Waals surface area contributed by atoms with E-state index in [9.17, 15) is 9.59 Å². The van der Waals surface area contributed by atoms with E-state index in [0.29, 0.717) is 13.2 Å². The molecule has 7 nitrogen and oxygen atoms in total. The van der Waals surface area contributed by atoms with Crippen LogP contribution in [0.4, 0.5) is 0 Å². The topological polar surface area (TPSA) is 90.6 Å². The second-order valence-corrected chi connectivity index (χ2v) is 10.9. The summed E-state index contributed by atoms with van der Waals surface area (Å²) in [6.07, 6.45) is 12.0. The summed E-state index contributed by atoms with van der Waals surface area (Å²) in [4.78, 5) is 29.7. The van der Waals surface area contributed by atoms with Crippen molar-refractivity contribution in [3.05, 3.63) is 96.1 Å². The summed E-state index contributed by atoms with van der Waals surface area (Å²) >= 11 is 0. The highest BCUT2D eigenvalue weighted by Crippen LogP contribution is 2.41. The van der Waals surface area contributed by atoms with Gasteiger partial charge >= 0.3 is 11.9 Å². The number of carbonyl (C=O) groups is 2. The van der Waals surface area contributed by atoms with E-state index < -0.39 is 10.8 Å². The molecule has 0 amide bonds. The van der Waals surface area contributed by atoms with Crippen LogP contribution in [0.2, 0.25) is 0 Å². The Morgan fingerprint density at radius 2 is 1.00 bits per heavy atom. The summed E-state index contributed by atoms with van der Waals surface area (Å²) in [6, 6.07) is 20.1. The van der Waals surface area contributed by atoms with Crippen molar-refractivity contribution < 1.29 is 24.5 Å². The van der Waals surface area contributed by atoms with Crippen molar-refractivity contribution in [3.8, 4) is 0 Å². The first kappa shape index (κ1) is 40.3. The highest BCUT2D eigenvalue weighted by molar-refractivity contribution is 5.86. The van der Waals surface area contributed by atoms with E-state index in [1.165, 1.54) is 0 Å². The van der Waals surface area contributed by atoms with Crippen LogP contribution in [0.15, 0.2) is 85.0 Å². The number of carbonyl (C=O) groups excluding carboxylic acids is 2. The minimum absolute atomic E-state index is 0. The van der Waals surface area contributed by atoms with E-state index in [0.717, 1.165) is 36.8 Å². The zero-order valence-corrected chi connectivity index (χ0v) is 28.0. The van der Waals surface area contributed by atoms with Gasteiger partial charge in [-0.1, -0.05) is 85.0 Å². The molecule has 0 radical (unpaired) electrons. The van der Waals surface area contributed by atoms with Gasteiger partial charge in [0.1, 0.15) is 10.8 Å². The molecule has 0 bridgehead atoms. The monoisotopic (exact) mass is 636 g/mol. The van der Waals surface area contributed by atoms with Gasteiger partial charge in [0.05, 0.1) is 13.2 Å². The van der Waals surface area contributed by atoms with Crippen LogP contribution >= 0.6 is 24.8 Å². The van der Waals surface area contributed by atoms with Crippen LogP contribution in [0, 0.1) is 0 Å². The Morgan fingerprint density at radius 1 is 0.674 bits per heavy atom. The van der Waals surface area contributed by atoms with Gasteiger partial charge in [-0.15, -0.1) is 24.8 Å². The van der Waals surface area contributed by atoms with Crippen LogP contribution < -0.4 is 0 Å². The van der Waals surface area contributed by atoms with Gasteiger partial charge in [-0.05, 0) is 78.8 Å². The Hall–Kier alpha value is -2.68. The van der Waals surface area contributed by atoms with Crippen LogP contribution in [0.5, 0.6) is 0 Å². The molecule has 0 unspecified atom stereocenters. The quantitative estimate of drug-likeness (QED) is 0.279. The van der Waals surface area contributed by atoms with Crippen molar-refractivity contribution in [2.75, 3.05) is 41.4 Å². The van der Waals surface area contributed by atoms with Crippen LogP contribution in [0.3, 0.4) is 0 Å². The Bertz CT molecular complexity index is 1070. The van der Waals surface area contributed by atoms with E-state index in [4.69, 9.17) is 9.47 Å². The first-order valence-electron chi connectivity index (χ1n) is 14.4. The molecule has 0 saturated carbocycles. The fourth-order valence-electron chi connectivity index (χ4n) is 6.22. The van der Waals surface area contributed by atoms with Crippen LogP contribution in [0.25, 0.3) is 0 Å². The smallest absolute Gasteiger partial charge is 0.318 e. The van der Waals surface area contributed by atoms with Crippen molar-refractivity contribution in [1.29, 1.82) is 0 Å². The van der Waals surface area contributed by atoms with Gasteiger partial charge in [-0.2, -0.15) is 0 Å². The lowest BCUT2D eigenvalue weighted by Gasteiger charge is -2.42. The number of benzene rings is 2. The van der Waals surface area contributed by atoms with E-state index >= 15 is 0 Å². The fraction of sp³-hybridized carbons (Fsp3) is 0.471. The molecule has 240 valence electrons. The molecule has 0 saturated heterocycles. The van der Waals surface area contributed by atoms with Crippen LogP contribution in [-0.2, 0) is 29.9 Å². The lowest BCUT2D eigenvalue weighted by molar-refractivity contribution is -0.153. The number of hydrogen-bond donors (Lipinski definition) is 0. The van der Waals surface area contributed by atoms with Gasteiger partial charge in [0.25, 0.3) is 0 Å². The number of hydrogen-bond acceptors (Lipinski definition) is 6. The molecule has 0 spiro atoms. The Morgan fingerprint density at radius 3 is 1.28 bits per heavy atom. The van der Waals surface area contributed by atoms with Gasteiger partial charge in [-0.3, -0.25) is 9.59 Å². The van der Waals surface area contributed by atoms with E-state index in [-0.39, 0.29) is 54.3 Å². The number of nitrogens with zero attached hydrogens (tertiary/aromatic N) is 2. The predicted octanol–water partition coefficient (Wildman–Crippen LogP) is 5.55. The molecule has 4 atom stereocenters. The summed E-state index contributed by atoms with van der Waals surface area (Å²) in [5.41, 5.74) is 0.883. The van der Waals surface area contributed by atoms with Crippen molar-refractivity contribution in [1.82, 2.24) is 9.80 Å². The average Bonchev–Trinajstić information content (AvgIpc) is 2.98. The largest absolute Gasteiger partial charge is 0.465 e. The third-order valence-electron chi connectivity index (χ3n) is 8.03. The maximum atomic E-state index is 12.8. The first-order chi connectivity index (χ1) is 19.3. The standard InChI is InChI=1S/2C17H23NO2.2ClH.H2O/c2*1-4-20-16(19)17(14-10-6-5-7-11-14)13-9-8-12-15(17)18(2)3;;;/h2*5-8,10-12,15H,4,9,13H2,1-3H3;2*1H;1H2/t2*15-,17+;;;/m11.../s1. The third-order valence-corrected chi connectivity index (χ3v) is 8.03. The molecule has 2 aliphatic rings. The number of allylic oxidation sites excluding steroid dienone is 2. The number of esters is 2. The zero-order valence-electron chi connectivity index (χ0n) is 26.3. The SMILES string of the molecule is CCOC(=O)[C@]1(c2ccccc2)CCC=C[C@H]1N(C)C.CCOC(=O)[C@]1(c2ccccc2)CCC=C[C@H]1N(C)C.Cl.Cl.O. The first-order valence-corrected chi connectivity index (χ1v) is 14.4. The summed E-state index contributed by atoms with van der Waals surface area (Å²) < 4.78 is 10.8. The molecule has 2 aromatic rings. The van der Waals surface area contributed by atoms with Crippen molar-refractivity contribution >= 4 is 36.8 Å². The summed E-state index contributed by atoms with van der Waals surface area (Å²) in [5.74, 6) is -0.233. The molecule has 0 heterocycles. The summed E-state index contributed by atoms with van der Waals surface area (Å²) in [5, 5.41) is 0. The number of ether oxygens (including phenoxy) is 2. The van der Waals surface area contributed by atoms with Gasteiger partial charge in [0.15, 0.2) is 0 Å². The zero-order chi connectivity index (χ0) is 29.2. The molecular formula is C34H50Cl2N2O5. The Balaban J connectivity index is 0.000000767. The van der Waals surface area contributed by atoms with E-state index in [2.05, 4.69) is 34.1 Å². The molecule has 0 aliphatic heterocycles. The minimum Gasteiger partial charge on any atom is -0.465 e. The van der Waals surface area contributed by atoms with Crippen molar-refractivity contribution in [3.63, 3.8) is 0 Å². The molecule has 4 rings (SSSR count). The van der Waals surface area contributed by atoms with Crippen molar-refractivity contribution in [2.24, 2.45) is 0 Å². The molecule has 9 heteroatoms. The predicted molar refractivity (Wildman–Crippen MR) is 179 cm³/mol. The maximum absolute atomic E-state index is 12.8. The van der Waals surface area contributed by atoms with E-state index in [1.807, 2.05) is 103 Å². The molecule has 0 aromatic heterocycles. The highest BCUT2D eigenvalue weighted by atomic mass is 35.5. The lowest BCUT2D eigenvalue weighted by atomic mass is 9.68. The van der Waals surface area contributed by atoms with Gasteiger partial charge < -0.3 is 24.7 Å². The average molecular weight is 638 g/mol. The number of likely N-dealkylation sites (N-methyl/N-ethyl adjacent to an activating group) is 2. The third kappa shape index (κ3) is 8.70. The summed E-state index contributed by atoms with van der Waals surface area (Å²) in [7, 11) is 8.04. The molecular weight excluding hydrogens is 587 g/mol. The molecule has 43 heavy (non-hydrogen) atoms. The second kappa shape index (κ2) is 18.9. The van der Waals surface area contributed by atoms with Crippen LogP contribution in [0.1, 0.15) is 50.7 Å². The van der Waals surface area contributed by atoms with Crippen LogP contribution in [-0.4, -0.2) is 80.7 Å². The number of rotatable bonds is 8. The molecule has 2 aliphatic carbocycles. The second-order valence-electron chi connectivity index (χ2n) is 10.9. The Labute approximate surface area is 270 Å². The highest BCUT2D eigenvalue weighted by Gasteiger charge is 2.50. The van der Waals surface area contributed by atoms with Gasteiger partial charge in [0, 0.05) is 12.1 Å². The lowest BCUT2D eigenvalue weighted by Crippen LogP contribution is -2.54. The fourth-order valence-corrected chi connectivity index (χ4v) is 6.22. The molecule has 2 N–H and O–H groups in total. The molecule has 0 fully saturated rings. The van der Waals surface area contributed by atoms with E-state index in [1.54, 1.807) is 0 Å². The normalized spacial score (nSPS) is 23.9. The Kier molecular flexibility index (Phi) is 17.7. The summed E-state index contributed by atoms with van der Waals surface area (Å²) in [6.45, 7) is 4.55.